The Kier molecular flexibility index (Phi) is 11.7. The second-order valence-corrected chi connectivity index (χ2v) is 12.1. The quantitative estimate of drug-likeness (QED) is 0.255. The van der Waals surface area contributed by atoms with Gasteiger partial charge in [-0.3, -0.25) is 13.9 Å². The molecule has 220 valence electrons. The smallest absolute Gasteiger partial charge is 0.264 e. The van der Waals surface area contributed by atoms with Crippen molar-refractivity contribution in [3.63, 3.8) is 0 Å². The Hall–Kier alpha value is -3.50. The van der Waals surface area contributed by atoms with Gasteiger partial charge in [-0.25, -0.2) is 8.42 Å². The van der Waals surface area contributed by atoms with E-state index in [4.69, 9.17) is 4.74 Å². The fourth-order valence-corrected chi connectivity index (χ4v) is 6.28. The molecule has 10 heteroatoms. The molecule has 0 heterocycles. The van der Waals surface area contributed by atoms with Gasteiger partial charge in [0.1, 0.15) is 18.3 Å². The van der Waals surface area contributed by atoms with Gasteiger partial charge in [0.05, 0.1) is 17.2 Å². The summed E-state index contributed by atoms with van der Waals surface area (Å²) in [5, 5.41) is 2.82. The first-order chi connectivity index (χ1) is 19.7. The van der Waals surface area contributed by atoms with Crippen LogP contribution in [0.5, 0.6) is 5.75 Å². The predicted molar refractivity (Wildman–Crippen MR) is 165 cm³/mol. The van der Waals surface area contributed by atoms with Gasteiger partial charge in [0, 0.05) is 18.0 Å². The van der Waals surface area contributed by atoms with Crippen molar-refractivity contribution >= 4 is 39.3 Å². The number of carbonyl (C=O) groups is 2. The number of benzene rings is 3. The Morgan fingerprint density at radius 2 is 1.61 bits per heavy atom. The average molecular weight is 598 g/mol. The van der Waals surface area contributed by atoms with E-state index in [-0.39, 0.29) is 17.3 Å². The molecular formula is C31H39N3O5S2. The van der Waals surface area contributed by atoms with Crippen molar-refractivity contribution < 1.29 is 22.7 Å². The SMILES string of the molecule is CCNC(=O)[C@H](CC)N(Cc1ccccc1C)C(=O)CN(c1ccc(OCC)cc1)S(=O)(=O)c1ccc(SC)cc1. The molecule has 0 unspecified atom stereocenters. The zero-order valence-electron chi connectivity index (χ0n) is 24.3. The third-order valence-electron chi connectivity index (χ3n) is 6.70. The summed E-state index contributed by atoms with van der Waals surface area (Å²) >= 11 is 1.51. The fourth-order valence-electron chi connectivity index (χ4n) is 4.46. The highest BCUT2D eigenvalue weighted by atomic mass is 32.2. The van der Waals surface area contributed by atoms with Gasteiger partial charge in [0.2, 0.25) is 11.8 Å². The van der Waals surface area contributed by atoms with Crippen molar-refractivity contribution in [3.05, 3.63) is 83.9 Å². The molecule has 41 heavy (non-hydrogen) atoms. The van der Waals surface area contributed by atoms with Crippen molar-refractivity contribution in [1.82, 2.24) is 10.2 Å². The third kappa shape index (κ3) is 8.04. The molecule has 0 aliphatic rings. The van der Waals surface area contributed by atoms with E-state index in [9.17, 15) is 18.0 Å². The summed E-state index contributed by atoms with van der Waals surface area (Å²) in [6.07, 6.45) is 2.28. The lowest BCUT2D eigenvalue weighted by Crippen LogP contribution is -2.52. The molecule has 0 saturated carbocycles. The highest BCUT2D eigenvalue weighted by Gasteiger charge is 2.33. The maximum absolute atomic E-state index is 14.1. The van der Waals surface area contributed by atoms with Crippen LogP contribution in [0.4, 0.5) is 5.69 Å². The maximum Gasteiger partial charge on any atom is 0.264 e. The molecule has 0 fully saturated rings. The summed E-state index contributed by atoms with van der Waals surface area (Å²) in [5.41, 5.74) is 2.17. The minimum absolute atomic E-state index is 0.0678. The number of sulfonamides is 1. The molecule has 0 radical (unpaired) electrons. The minimum atomic E-state index is -4.14. The molecule has 0 saturated heterocycles. The standard InChI is InChI=1S/C31H39N3O5S2/c1-6-29(31(36)32-7-2)33(21-24-12-10-9-11-23(24)4)30(35)22-34(25-13-15-26(16-14-25)39-8-3)41(37,38)28-19-17-27(40-5)18-20-28/h9-20,29H,6-8,21-22H2,1-5H3,(H,32,36)/t29-/m0/s1. The summed E-state index contributed by atoms with van der Waals surface area (Å²) in [6.45, 7) is 8.04. The molecule has 0 aliphatic heterocycles. The Balaban J connectivity index is 2.07. The van der Waals surface area contributed by atoms with Crippen LogP contribution in [0.2, 0.25) is 0 Å². The average Bonchev–Trinajstić information content (AvgIpc) is 2.97. The van der Waals surface area contributed by atoms with Crippen LogP contribution in [0.1, 0.15) is 38.3 Å². The highest BCUT2D eigenvalue weighted by Crippen LogP contribution is 2.28. The van der Waals surface area contributed by atoms with Crippen molar-refractivity contribution in [3.8, 4) is 5.75 Å². The topological polar surface area (TPSA) is 96.0 Å². The van der Waals surface area contributed by atoms with E-state index >= 15 is 0 Å². The van der Waals surface area contributed by atoms with E-state index in [2.05, 4.69) is 5.32 Å². The van der Waals surface area contributed by atoms with Gasteiger partial charge in [-0.05, 0) is 93.1 Å². The first-order valence-corrected chi connectivity index (χ1v) is 16.3. The number of thioether (sulfide) groups is 1. The normalized spacial score (nSPS) is 11.9. The molecule has 3 aromatic rings. The van der Waals surface area contributed by atoms with Crippen LogP contribution in [0, 0.1) is 6.92 Å². The van der Waals surface area contributed by atoms with Crippen LogP contribution in [-0.4, -0.2) is 57.1 Å². The van der Waals surface area contributed by atoms with E-state index in [1.54, 1.807) is 48.5 Å². The number of likely N-dealkylation sites (N-methyl/N-ethyl adjacent to an activating group) is 1. The van der Waals surface area contributed by atoms with E-state index in [0.29, 0.717) is 31.0 Å². The number of aryl methyl sites for hydroxylation is 1. The minimum Gasteiger partial charge on any atom is -0.494 e. The summed E-state index contributed by atoms with van der Waals surface area (Å²) in [4.78, 5) is 29.7. The van der Waals surface area contributed by atoms with Crippen LogP contribution in [-0.2, 0) is 26.2 Å². The number of rotatable bonds is 14. The lowest BCUT2D eigenvalue weighted by Gasteiger charge is -2.33. The molecular weight excluding hydrogens is 558 g/mol. The lowest BCUT2D eigenvalue weighted by molar-refractivity contribution is -0.140. The van der Waals surface area contributed by atoms with Gasteiger partial charge < -0.3 is 15.0 Å². The van der Waals surface area contributed by atoms with E-state index in [0.717, 1.165) is 20.3 Å². The summed E-state index contributed by atoms with van der Waals surface area (Å²) < 4.78 is 34.7. The number of ether oxygens (including phenoxy) is 1. The van der Waals surface area contributed by atoms with Crippen LogP contribution in [0.3, 0.4) is 0 Å². The predicted octanol–water partition coefficient (Wildman–Crippen LogP) is 5.25. The van der Waals surface area contributed by atoms with Gasteiger partial charge >= 0.3 is 0 Å². The van der Waals surface area contributed by atoms with Gasteiger partial charge in [-0.2, -0.15) is 0 Å². The van der Waals surface area contributed by atoms with Crippen molar-refractivity contribution in [2.24, 2.45) is 0 Å². The number of nitrogens with zero attached hydrogens (tertiary/aromatic N) is 2. The number of amides is 2. The maximum atomic E-state index is 14.1. The van der Waals surface area contributed by atoms with Crippen LogP contribution in [0.25, 0.3) is 0 Å². The van der Waals surface area contributed by atoms with Crippen LogP contribution < -0.4 is 14.4 Å². The van der Waals surface area contributed by atoms with Crippen molar-refractivity contribution in [2.45, 2.75) is 56.5 Å². The molecule has 3 aromatic carbocycles. The molecule has 8 nitrogen and oxygen atoms in total. The lowest BCUT2D eigenvalue weighted by atomic mass is 10.1. The zero-order valence-corrected chi connectivity index (χ0v) is 25.9. The van der Waals surface area contributed by atoms with E-state index in [1.165, 1.54) is 16.7 Å². The van der Waals surface area contributed by atoms with Crippen molar-refractivity contribution in [1.29, 1.82) is 0 Å². The number of hydrogen-bond donors (Lipinski definition) is 1. The highest BCUT2D eigenvalue weighted by molar-refractivity contribution is 7.98. The third-order valence-corrected chi connectivity index (χ3v) is 9.23. The van der Waals surface area contributed by atoms with Gasteiger partial charge in [-0.1, -0.05) is 31.2 Å². The number of nitrogens with one attached hydrogen (secondary N) is 1. The number of anilines is 1. The van der Waals surface area contributed by atoms with Crippen LogP contribution in [0.15, 0.2) is 82.6 Å². The summed E-state index contributed by atoms with van der Waals surface area (Å²) in [6, 6.07) is 20.0. The Bertz CT molecular complexity index is 1410. The number of hydrogen-bond acceptors (Lipinski definition) is 6. The van der Waals surface area contributed by atoms with E-state index < -0.39 is 28.5 Å². The first-order valence-electron chi connectivity index (χ1n) is 13.7. The number of carbonyl (C=O) groups excluding carboxylic acids is 2. The van der Waals surface area contributed by atoms with E-state index in [1.807, 2.05) is 58.2 Å². The Morgan fingerprint density at radius 1 is 0.951 bits per heavy atom. The largest absolute Gasteiger partial charge is 0.494 e. The molecule has 0 spiro atoms. The van der Waals surface area contributed by atoms with Crippen LogP contribution >= 0.6 is 11.8 Å². The molecule has 2 amide bonds. The zero-order chi connectivity index (χ0) is 30.0. The molecule has 1 N–H and O–H groups in total. The Labute approximate surface area is 248 Å². The monoisotopic (exact) mass is 597 g/mol. The van der Waals surface area contributed by atoms with Gasteiger partial charge in [0.25, 0.3) is 10.0 Å². The Morgan fingerprint density at radius 3 is 2.17 bits per heavy atom. The van der Waals surface area contributed by atoms with Crippen molar-refractivity contribution in [2.75, 3.05) is 30.3 Å². The summed E-state index contributed by atoms with van der Waals surface area (Å²) in [5.74, 6) is -0.169. The molecule has 0 aromatic heterocycles. The molecule has 0 bridgehead atoms. The second-order valence-electron chi connectivity index (χ2n) is 9.38. The summed E-state index contributed by atoms with van der Waals surface area (Å²) in [7, 11) is -4.14. The molecule has 0 aliphatic carbocycles. The fraction of sp³-hybridized carbons (Fsp3) is 0.355. The molecule has 3 rings (SSSR count). The molecule has 1 atom stereocenters. The first kappa shape index (κ1) is 32.0. The van der Waals surface area contributed by atoms with Gasteiger partial charge in [0.15, 0.2) is 0 Å². The van der Waals surface area contributed by atoms with Gasteiger partial charge in [-0.15, -0.1) is 11.8 Å². The second kappa shape index (κ2) is 14.9.